The van der Waals surface area contributed by atoms with Crippen LogP contribution in [0.1, 0.15) is 40.2 Å². The SMILES string of the molecule is C/C(=C1/C(=O)N(C)c2ccccc21)N(C)c1ccccc1.CC.CC. The van der Waals surface area contributed by atoms with E-state index in [9.17, 15) is 4.79 Å². The maximum atomic E-state index is 12.6. The van der Waals surface area contributed by atoms with Crippen molar-refractivity contribution < 1.29 is 4.79 Å². The van der Waals surface area contributed by atoms with Gasteiger partial charge in [-0.25, -0.2) is 0 Å². The molecule has 1 aliphatic rings. The van der Waals surface area contributed by atoms with E-state index >= 15 is 0 Å². The van der Waals surface area contributed by atoms with Gasteiger partial charge in [-0.2, -0.15) is 0 Å². The first-order chi connectivity index (χ1) is 12.1. The molecule has 0 aromatic heterocycles. The Hall–Kier alpha value is -2.55. The molecule has 0 unspecified atom stereocenters. The van der Waals surface area contributed by atoms with Gasteiger partial charge in [0, 0.05) is 31.0 Å². The molecule has 3 nitrogen and oxygen atoms in total. The Labute approximate surface area is 152 Å². The van der Waals surface area contributed by atoms with Crippen molar-refractivity contribution in [2.75, 3.05) is 23.9 Å². The molecule has 0 saturated carbocycles. The van der Waals surface area contributed by atoms with Gasteiger partial charge in [0.2, 0.25) is 0 Å². The number of hydrogen-bond donors (Lipinski definition) is 0. The Kier molecular flexibility index (Phi) is 7.93. The van der Waals surface area contributed by atoms with E-state index < -0.39 is 0 Å². The molecule has 0 saturated heterocycles. The third-order valence-electron chi connectivity index (χ3n) is 4.06. The predicted octanol–water partition coefficient (Wildman–Crippen LogP) is 5.58. The number of fused-ring (bicyclic) bond motifs is 1. The van der Waals surface area contributed by atoms with Crippen molar-refractivity contribution in [1.29, 1.82) is 0 Å². The summed E-state index contributed by atoms with van der Waals surface area (Å²) in [5.41, 5.74) is 4.79. The summed E-state index contributed by atoms with van der Waals surface area (Å²) in [5.74, 6) is 0.0523. The van der Waals surface area contributed by atoms with Gasteiger partial charge in [0.15, 0.2) is 0 Å². The quantitative estimate of drug-likeness (QED) is 0.667. The number of hydrogen-bond acceptors (Lipinski definition) is 2. The van der Waals surface area contributed by atoms with E-state index in [1.165, 1.54) is 0 Å². The lowest BCUT2D eigenvalue weighted by Gasteiger charge is -2.22. The molecule has 0 radical (unpaired) electrons. The second kappa shape index (κ2) is 9.67. The van der Waals surface area contributed by atoms with Gasteiger partial charge >= 0.3 is 0 Å². The summed E-state index contributed by atoms with van der Waals surface area (Å²) >= 11 is 0. The number of benzene rings is 2. The number of rotatable bonds is 2. The third-order valence-corrected chi connectivity index (χ3v) is 4.06. The number of allylic oxidation sites excluding steroid dienone is 1. The number of carbonyl (C=O) groups is 1. The van der Waals surface area contributed by atoms with Crippen molar-refractivity contribution in [1.82, 2.24) is 0 Å². The van der Waals surface area contributed by atoms with Crippen LogP contribution in [0.2, 0.25) is 0 Å². The number of para-hydroxylation sites is 2. The van der Waals surface area contributed by atoms with Crippen molar-refractivity contribution in [3.8, 4) is 0 Å². The van der Waals surface area contributed by atoms with Crippen LogP contribution in [0, 0.1) is 0 Å². The monoisotopic (exact) mass is 338 g/mol. The molecule has 1 aliphatic heterocycles. The van der Waals surface area contributed by atoms with Crippen LogP contribution in [-0.4, -0.2) is 20.0 Å². The van der Waals surface area contributed by atoms with Gasteiger partial charge in [-0.15, -0.1) is 0 Å². The molecule has 0 N–H and O–H groups in total. The first-order valence-corrected chi connectivity index (χ1v) is 8.98. The predicted molar refractivity (Wildman–Crippen MR) is 110 cm³/mol. The summed E-state index contributed by atoms with van der Waals surface area (Å²) < 4.78 is 0. The van der Waals surface area contributed by atoms with Gasteiger partial charge in [0.1, 0.15) is 0 Å². The standard InChI is InChI=1S/C18H18N2O.2C2H6/c1-13(19(2)14-9-5-4-6-10-14)17-15-11-7-8-12-16(15)20(3)18(17)21;2*1-2/h4-12H,1-3H3;2*1-2H3/b17-13-;;. The van der Waals surface area contributed by atoms with Crippen LogP contribution in [0.5, 0.6) is 0 Å². The molecule has 2 aromatic rings. The van der Waals surface area contributed by atoms with Crippen LogP contribution in [-0.2, 0) is 4.79 Å². The largest absolute Gasteiger partial charge is 0.348 e. The highest BCUT2D eigenvalue weighted by Crippen LogP contribution is 2.38. The van der Waals surface area contributed by atoms with Crippen LogP contribution in [0.15, 0.2) is 60.3 Å². The minimum atomic E-state index is 0.0523. The number of amides is 1. The Bertz CT molecular complexity index is 720. The first-order valence-electron chi connectivity index (χ1n) is 8.98. The van der Waals surface area contributed by atoms with Gasteiger partial charge in [-0.05, 0) is 25.1 Å². The first kappa shape index (κ1) is 20.5. The highest BCUT2D eigenvalue weighted by Gasteiger charge is 2.31. The van der Waals surface area contributed by atoms with E-state index in [1.807, 2.05) is 103 Å². The number of carbonyl (C=O) groups excluding carboxylic acids is 1. The summed E-state index contributed by atoms with van der Waals surface area (Å²) in [6.45, 7) is 10.00. The third kappa shape index (κ3) is 4.11. The topological polar surface area (TPSA) is 23.6 Å². The Balaban J connectivity index is 0.000000730. The van der Waals surface area contributed by atoms with Gasteiger partial charge < -0.3 is 9.80 Å². The molecule has 134 valence electrons. The van der Waals surface area contributed by atoms with E-state index in [2.05, 4.69) is 4.90 Å². The summed E-state index contributed by atoms with van der Waals surface area (Å²) in [5, 5.41) is 0. The summed E-state index contributed by atoms with van der Waals surface area (Å²) in [6.07, 6.45) is 0. The zero-order chi connectivity index (χ0) is 19.0. The number of likely N-dealkylation sites (N-methyl/N-ethyl adjacent to an activating group) is 1. The highest BCUT2D eigenvalue weighted by atomic mass is 16.2. The van der Waals surface area contributed by atoms with Crippen molar-refractivity contribution in [2.45, 2.75) is 34.6 Å². The lowest BCUT2D eigenvalue weighted by atomic mass is 10.0. The van der Waals surface area contributed by atoms with E-state index in [-0.39, 0.29) is 5.91 Å². The molecule has 0 aliphatic carbocycles. The molecule has 0 atom stereocenters. The van der Waals surface area contributed by atoms with Gasteiger partial charge in [-0.3, -0.25) is 4.79 Å². The molecular weight excluding hydrogens is 308 g/mol. The van der Waals surface area contributed by atoms with E-state index in [0.717, 1.165) is 28.2 Å². The van der Waals surface area contributed by atoms with Gasteiger partial charge in [0.05, 0.1) is 11.3 Å². The van der Waals surface area contributed by atoms with Crippen molar-refractivity contribution in [3.63, 3.8) is 0 Å². The Morgan fingerprint density at radius 2 is 1.40 bits per heavy atom. The molecule has 2 aromatic carbocycles. The average molecular weight is 338 g/mol. The average Bonchev–Trinajstić information content (AvgIpc) is 2.95. The Morgan fingerprint density at radius 3 is 2.00 bits per heavy atom. The smallest absolute Gasteiger partial charge is 0.260 e. The van der Waals surface area contributed by atoms with Gasteiger partial charge in [0.25, 0.3) is 5.91 Å². The fourth-order valence-corrected chi connectivity index (χ4v) is 2.73. The van der Waals surface area contributed by atoms with Crippen molar-refractivity contribution >= 4 is 22.9 Å². The Morgan fingerprint density at radius 1 is 0.880 bits per heavy atom. The van der Waals surface area contributed by atoms with Crippen LogP contribution in [0.25, 0.3) is 5.57 Å². The number of anilines is 2. The lowest BCUT2D eigenvalue weighted by molar-refractivity contribution is -0.112. The van der Waals surface area contributed by atoms with E-state index in [4.69, 9.17) is 0 Å². The fraction of sp³-hybridized carbons (Fsp3) is 0.318. The molecule has 3 rings (SSSR count). The molecule has 0 fully saturated rings. The maximum absolute atomic E-state index is 12.6. The summed E-state index contributed by atoms with van der Waals surface area (Å²) in [6, 6.07) is 18.0. The molecule has 25 heavy (non-hydrogen) atoms. The highest BCUT2D eigenvalue weighted by molar-refractivity contribution is 6.33. The zero-order valence-corrected chi connectivity index (χ0v) is 16.5. The minimum absolute atomic E-state index is 0.0523. The molecule has 3 heteroatoms. The molecule has 0 spiro atoms. The normalized spacial score (nSPS) is 13.9. The second-order valence-corrected chi connectivity index (χ2v) is 5.24. The summed E-state index contributed by atoms with van der Waals surface area (Å²) in [4.78, 5) is 16.4. The van der Waals surface area contributed by atoms with Crippen LogP contribution >= 0.6 is 0 Å². The second-order valence-electron chi connectivity index (χ2n) is 5.24. The molecule has 1 amide bonds. The van der Waals surface area contributed by atoms with Crippen molar-refractivity contribution in [3.05, 3.63) is 65.9 Å². The number of nitrogens with zero attached hydrogens (tertiary/aromatic N) is 2. The van der Waals surface area contributed by atoms with Crippen LogP contribution < -0.4 is 9.80 Å². The van der Waals surface area contributed by atoms with E-state index in [0.29, 0.717) is 0 Å². The minimum Gasteiger partial charge on any atom is -0.348 e. The van der Waals surface area contributed by atoms with Crippen LogP contribution in [0.4, 0.5) is 11.4 Å². The molecular formula is C22H30N2O. The maximum Gasteiger partial charge on any atom is 0.260 e. The molecule has 0 bridgehead atoms. The molecule has 1 heterocycles. The lowest BCUT2D eigenvalue weighted by Crippen LogP contribution is -2.23. The fourth-order valence-electron chi connectivity index (χ4n) is 2.73. The van der Waals surface area contributed by atoms with Crippen LogP contribution in [0.3, 0.4) is 0 Å². The summed E-state index contributed by atoms with van der Waals surface area (Å²) in [7, 11) is 3.82. The van der Waals surface area contributed by atoms with Gasteiger partial charge in [-0.1, -0.05) is 64.1 Å². The van der Waals surface area contributed by atoms with E-state index in [1.54, 1.807) is 4.90 Å². The van der Waals surface area contributed by atoms with Crippen molar-refractivity contribution in [2.24, 2.45) is 0 Å². The zero-order valence-electron chi connectivity index (χ0n) is 16.5.